The second kappa shape index (κ2) is 6.53. The monoisotopic (exact) mass is 410 g/mol. The lowest BCUT2D eigenvalue weighted by molar-refractivity contribution is 0.477. The fourth-order valence-corrected chi connectivity index (χ4v) is 3.42. The molecule has 1 nitrogen and oxygen atoms in total. The van der Waals surface area contributed by atoms with E-state index in [1.807, 2.05) is 12.1 Å². The third-order valence-corrected chi connectivity index (χ3v) is 4.78. The largest absolute Gasteiger partial charge is 0.457 e. The van der Waals surface area contributed by atoms with Gasteiger partial charge in [-0.3, -0.25) is 0 Å². The van der Waals surface area contributed by atoms with E-state index in [2.05, 4.69) is 83.8 Å². The summed E-state index contributed by atoms with van der Waals surface area (Å²) < 4.78 is 7.07. The van der Waals surface area contributed by atoms with Gasteiger partial charge in [0.25, 0.3) is 0 Å². The van der Waals surface area contributed by atoms with Crippen molar-refractivity contribution in [3.05, 3.63) is 57.6 Å². The maximum absolute atomic E-state index is 6.01. The predicted molar refractivity (Wildman–Crippen MR) is 96.7 cm³/mol. The van der Waals surface area contributed by atoms with Gasteiger partial charge in [0.2, 0.25) is 0 Å². The van der Waals surface area contributed by atoms with Crippen molar-refractivity contribution in [1.29, 1.82) is 0 Å². The number of rotatable bonds is 3. The summed E-state index contributed by atoms with van der Waals surface area (Å²) in [6.07, 6.45) is 0. The van der Waals surface area contributed by atoms with Crippen LogP contribution < -0.4 is 4.74 Å². The summed E-state index contributed by atoms with van der Waals surface area (Å²) in [6, 6.07) is 12.5. The number of hydrogen-bond donors (Lipinski definition) is 0. The zero-order valence-corrected chi connectivity index (χ0v) is 16.0. The molecule has 0 unspecified atom stereocenters. The van der Waals surface area contributed by atoms with Crippen molar-refractivity contribution < 1.29 is 4.74 Å². The van der Waals surface area contributed by atoms with Crippen LogP contribution in [0.1, 0.15) is 37.5 Å². The molecule has 0 saturated heterocycles. The van der Waals surface area contributed by atoms with Crippen molar-refractivity contribution in [2.24, 2.45) is 0 Å². The molecule has 0 spiro atoms. The molecule has 0 radical (unpaired) electrons. The minimum atomic E-state index is 0.157. The molecule has 0 aliphatic heterocycles. The molecule has 0 N–H and O–H groups in total. The predicted octanol–water partition coefficient (Wildman–Crippen LogP) is 6.74. The molecule has 2 rings (SSSR count). The van der Waals surface area contributed by atoms with E-state index >= 15 is 0 Å². The minimum Gasteiger partial charge on any atom is -0.457 e. The van der Waals surface area contributed by atoms with Crippen LogP contribution in [0.2, 0.25) is 0 Å². The van der Waals surface area contributed by atoms with Crippen LogP contribution in [0.4, 0.5) is 0 Å². The first-order valence-electron chi connectivity index (χ1n) is 6.94. The van der Waals surface area contributed by atoms with Gasteiger partial charge in [0.15, 0.2) is 0 Å². The van der Waals surface area contributed by atoms with E-state index in [0.717, 1.165) is 26.9 Å². The molecule has 0 fully saturated rings. The van der Waals surface area contributed by atoms with Crippen molar-refractivity contribution in [2.45, 2.75) is 38.4 Å². The molecule has 0 amide bonds. The fraction of sp³-hybridized carbons (Fsp3) is 0.333. The average molecular weight is 412 g/mol. The minimum absolute atomic E-state index is 0.157. The van der Waals surface area contributed by atoms with Gasteiger partial charge in [-0.2, -0.15) is 0 Å². The van der Waals surface area contributed by atoms with E-state index < -0.39 is 0 Å². The Hall–Kier alpha value is -0.800. The first kappa shape index (κ1) is 16.6. The number of aryl methyl sites for hydroxylation is 1. The van der Waals surface area contributed by atoms with E-state index in [-0.39, 0.29) is 5.41 Å². The van der Waals surface area contributed by atoms with Crippen LogP contribution in [0.25, 0.3) is 0 Å². The highest BCUT2D eigenvalue weighted by atomic mass is 79.9. The highest BCUT2D eigenvalue weighted by molar-refractivity contribution is 9.10. The van der Waals surface area contributed by atoms with Crippen LogP contribution in [-0.4, -0.2) is 0 Å². The molecule has 3 heteroatoms. The summed E-state index contributed by atoms with van der Waals surface area (Å²) in [7, 11) is 0. The van der Waals surface area contributed by atoms with Gasteiger partial charge < -0.3 is 4.74 Å². The van der Waals surface area contributed by atoms with Gasteiger partial charge in [-0.15, -0.1) is 0 Å². The molecular weight excluding hydrogens is 392 g/mol. The lowest BCUT2D eigenvalue weighted by Gasteiger charge is -2.20. The van der Waals surface area contributed by atoms with E-state index in [1.54, 1.807) is 0 Å². The van der Waals surface area contributed by atoms with E-state index in [0.29, 0.717) is 0 Å². The Morgan fingerprint density at radius 1 is 1.05 bits per heavy atom. The van der Waals surface area contributed by atoms with Crippen LogP contribution in [0.3, 0.4) is 0 Å². The molecule has 0 saturated carbocycles. The van der Waals surface area contributed by atoms with Crippen LogP contribution in [0.5, 0.6) is 11.5 Å². The molecule has 2 aromatic carbocycles. The molecule has 2 aromatic rings. The SMILES string of the molecule is Cc1cc(C(C)(C)C)ccc1Oc1ccc(CBr)c(Br)c1. The Bertz CT molecular complexity index is 642. The average Bonchev–Trinajstić information content (AvgIpc) is 2.40. The van der Waals surface area contributed by atoms with E-state index in [1.165, 1.54) is 11.1 Å². The Labute approximate surface area is 144 Å². The standard InChI is InChI=1S/C18H20Br2O/c1-12-9-14(18(2,3)4)6-8-17(12)21-15-7-5-13(11-19)16(20)10-15/h5-10H,11H2,1-4H3. The Morgan fingerprint density at radius 2 is 1.76 bits per heavy atom. The fourth-order valence-electron chi connectivity index (χ4n) is 2.06. The number of benzene rings is 2. The molecular formula is C18H20Br2O. The number of ether oxygens (including phenoxy) is 1. The van der Waals surface area contributed by atoms with E-state index in [9.17, 15) is 0 Å². The van der Waals surface area contributed by atoms with Crippen LogP contribution in [0, 0.1) is 6.92 Å². The maximum atomic E-state index is 6.01. The second-order valence-electron chi connectivity index (χ2n) is 6.22. The lowest BCUT2D eigenvalue weighted by Crippen LogP contribution is -2.11. The smallest absolute Gasteiger partial charge is 0.130 e. The highest BCUT2D eigenvalue weighted by Gasteiger charge is 2.15. The molecule has 0 aliphatic rings. The van der Waals surface area contributed by atoms with Crippen molar-refractivity contribution >= 4 is 31.9 Å². The third-order valence-electron chi connectivity index (χ3n) is 3.44. The van der Waals surface area contributed by atoms with Gasteiger partial charge in [0, 0.05) is 9.80 Å². The Balaban J connectivity index is 2.26. The summed E-state index contributed by atoms with van der Waals surface area (Å²) in [4.78, 5) is 0. The maximum Gasteiger partial charge on any atom is 0.130 e. The zero-order valence-electron chi connectivity index (χ0n) is 12.8. The van der Waals surface area contributed by atoms with Gasteiger partial charge in [-0.05, 0) is 47.2 Å². The van der Waals surface area contributed by atoms with Crippen molar-refractivity contribution in [3.8, 4) is 11.5 Å². The van der Waals surface area contributed by atoms with Crippen LogP contribution in [-0.2, 0) is 10.7 Å². The zero-order chi connectivity index (χ0) is 15.6. The summed E-state index contributed by atoms with van der Waals surface area (Å²) >= 11 is 7.03. The number of hydrogen-bond acceptors (Lipinski definition) is 1. The van der Waals surface area contributed by atoms with Gasteiger partial charge in [-0.25, -0.2) is 0 Å². The topological polar surface area (TPSA) is 9.23 Å². The summed E-state index contributed by atoms with van der Waals surface area (Å²) in [6.45, 7) is 8.75. The molecule has 0 bridgehead atoms. The number of halogens is 2. The van der Waals surface area contributed by atoms with E-state index in [4.69, 9.17) is 4.74 Å². The quantitative estimate of drug-likeness (QED) is 0.508. The lowest BCUT2D eigenvalue weighted by atomic mass is 9.86. The summed E-state index contributed by atoms with van der Waals surface area (Å²) in [5, 5.41) is 0.827. The highest BCUT2D eigenvalue weighted by Crippen LogP contribution is 2.32. The van der Waals surface area contributed by atoms with Crippen LogP contribution in [0.15, 0.2) is 40.9 Å². The summed E-state index contributed by atoms with van der Waals surface area (Å²) in [5.74, 6) is 1.75. The molecule has 0 heterocycles. The molecule has 0 aromatic heterocycles. The molecule has 0 aliphatic carbocycles. The van der Waals surface area contributed by atoms with Gasteiger partial charge in [-0.1, -0.05) is 70.8 Å². The van der Waals surface area contributed by atoms with Gasteiger partial charge in [0.1, 0.15) is 11.5 Å². The second-order valence-corrected chi connectivity index (χ2v) is 7.63. The third kappa shape index (κ3) is 4.10. The van der Waals surface area contributed by atoms with Crippen LogP contribution >= 0.6 is 31.9 Å². The van der Waals surface area contributed by atoms with Gasteiger partial charge >= 0.3 is 0 Å². The Kier molecular flexibility index (Phi) is 5.15. The first-order chi connectivity index (χ1) is 9.81. The molecule has 112 valence electrons. The van der Waals surface area contributed by atoms with Crippen molar-refractivity contribution in [1.82, 2.24) is 0 Å². The molecule has 0 atom stereocenters. The Morgan fingerprint density at radius 3 is 2.29 bits per heavy atom. The van der Waals surface area contributed by atoms with Crippen molar-refractivity contribution in [2.75, 3.05) is 0 Å². The number of alkyl halides is 1. The normalized spacial score (nSPS) is 11.5. The van der Waals surface area contributed by atoms with Gasteiger partial charge in [0.05, 0.1) is 0 Å². The van der Waals surface area contributed by atoms with Crippen molar-refractivity contribution in [3.63, 3.8) is 0 Å². The summed E-state index contributed by atoms with van der Waals surface area (Å²) in [5.41, 5.74) is 3.84. The first-order valence-corrected chi connectivity index (χ1v) is 8.86. The molecule has 21 heavy (non-hydrogen) atoms.